The first kappa shape index (κ1) is 15.7. The average Bonchev–Trinajstić information content (AvgIpc) is 2.85. The van der Waals surface area contributed by atoms with E-state index >= 15 is 0 Å². The summed E-state index contributed by atoms with van der Waals surface area (Å²) in [6, 6.07) is 3.03. The largest absolute Gasteiger partial charge is 0.484 e. The van der Waals surface area contributed by atoms with Crippen molar-refractivity contribution in [1.29, 1.82) is 0 Å². The summed E-state index contributed by atoms with van der Waals surface area (Å²) < 4.78 is 46.1. The van der Waals surface area contributed by atoms with Crippen LogP contribution in [0.4, 0.5) is 4.39 Å². The lowest BCUT2D eigenvalue weighted by atomic mass is 10.2. The number of benzene rings is 1. The first-order chi connectivity index (χ1) is 9.77. The summed E-state index contributed by atoms with van der Waals surface area (Å²) in [6.07, 6.45) is 0. The molecule has 0 atom stereocenters. The van der Waals surface area contributed by atoms with Gasteiger partial charge in [-0.15, -0.1) is 0 Å². The van der Waals surface area contributed by atoms with Crippen LogP contribution in [-0.2, 0) is 15.7 Å². The maximum Gasteiger partial charge on any atom is 0.265 e. The topological polar surface area (TPSA) is 82.3 Å². The van der Waals surface area contributed by atoms with Crippen molar-refractivity contribution >= 4 is 19.7 Å². The average molecular weight is 335 g/mol. The molecule has 21 heavy (non-hydrogen) atoms. The highest BCUT2D eigenvalue weighted by molar-refractivity contribution is 8.13. The third-order valence-electron chi connectivity index (χ3n) is 2.50. The van der Waals surface area contributed by atoms with Crippen LogP contribution in [0.5, 0.6) is 5.75 Å². The Kier molecular flexibility index (Phi) is 4.48. The van der Waals surface area contributed by atoms with E-state index in [0.29, 0.717) is 5.89 Å². The minimum atomic E-state index is -4.13. The van der Waals surface area contributed by atoms with Gasteiger partial charge in [0.25, 0.3) is 9.05 Å². The molecule has 2 aromatic rings. The number of ether oxygens (including phenoxy) is 1. The summed E-state index contributed by atoms with van der Waals surface area (Å²) in [5, 5.41) is 3.69. The quantitative estimate of drug-likeness (QED) is 0.782. The summed E-state index contributed by atoms with van der Waals surface area (Å²) in [5.41, 5.74) is 0. The second kappa shape index (κ2) is 5.98. The monoisotopic (exact) mass is 334 g/mol. The van der Waals surface area contributed by atoms with Crippen LogP contribution in [-0.4, -0.2) is 18.6 Å². The van der Waals surface area contributed by atoms with Gasteiger partial charge < -0.3 is 9.26 Å². The molecule has 0 radical (unpaired) electrons. The lowest BCUT2D eigenvalue weighted by Gasteiger charge is -2.07. The molecule has 1 aromatic heterocycles. The highest BCUT2D eigenvalue weighted by Crippen LogP contribution is 2.28. The summed E-state index contributed by atoms with van der Waals surface area (Å²) in [5.74, 6) is -0.0554. The maximum absolute atomic E-state index is 13.1. The van der Waals surface area contributed by atoms with Crippen molar-refractivity contribution in [3.05, 3.63) is 35.7 Å². The number of aromatic nitrogens is 2. The number of nitrogens with zero attached hydrogens (tertiary/aromatic N) is 2. The zero-order chi connectivity index (χ0) is 15.6. The molecule has 0 aliphatic rings. The molecule has 1 heterocycles. The van der Waals surface area contributed by atoms with Crippen LogP contribution in [0.3, 0.4) is 0 Å². The van der Waals surface area contributed by atoms with Crippen LogP contribution >= 0.6 is 10.7 Å². The minimum absolute atomic E-state index is 0.0656. The van der Waals surface area contributed by atoms with Gasteiger partial charge >= 0.3 is 0 Å². The van der Waals surface area contributed by atoms with E-state index in [9.17, 15) is 12.8 Å². The predicted molar refractivity (Wildman–Crippen MR) is 72.2 cm³/mol. The van der Waals surface area contributed by atoms with Crippen molar-refractivity contribution in [2.45, 2.75) is 31.3 Å². The molecule has 9 heteroatoms. The van der Waals surface area contributed by atoms with Gasteiger partial charge in [-0.25, -0.2) is 12.8 Å². The highest BCUT2D eigenvalue weighted by Gasteiger charge is 2.19. The molecule has 0 bridgehead atoms. The number of hydrogen-bond acceptors (Lipinski definition) is 6. The SMILES string of the molecule is CC(C)c1nc(COc2ccc(F)cc2S(=O)(=O)Cl)no1. The van der Waals surface area contributed by atoms with E-state index in [-0.39, 0.29) is 24.1 Å². The number of hydrogen-bond donors (Lipinski definition) is 0. The molecule has 0 fully saturated rings. The molecular formula is C12H12ClFN2O4S. The van der Waals surface area contributed by atoms with Crippen LogP contribution in [0.1, 0.15) is 31.5 Å². The molecule has 0 saturated carbocycles. The Bertz CT molecular complexity index is 745. The van der Waals surface area contributed by atoms with Crippen molar-refractivity contribution in [2.24, 2.45) is 0 Å². The Morgan fingerprint density at radius 1 is 1.43 bits per heavy atom. The summed E-state index contributed by atoms with van der Waals surface area (Å²) >= 11 is 0. The zero-order valence-corrected chi connectivity index (χ0v) is 12.8. The van der Waals surface area contributed by atoms with E-state index in [1.165, 1.54) is 6.07 Å². The molecule has 0 N–H and O–H groups in total. The van der Waals surface area contributed by atoms with Gasteiger partial charge in [0.15, 0.2) is 6.61 Å². The van der Waals surface area contributed by atoms with Gasteiger partial charge in [-0.1, -0.05) is 19.0 Å². The first-order valence-electron chi connectivity index (χ1n) is 5.97. The summed E-state index contributed by atoms with van der Waals surface area (Å²) in [4.78, 5) is 3.63. The molecular weight excluding hydrogens is 323 g/mol. The molecule has 6 nitrogen and oxygen atoms in total. The Hall–Kier alpha value is -1.67. The summed E-state index contributed by atoms with van der Waals surface area (Å²) in [7, 11) is 1.11. The van der Waals surface area contributed by atoms with Crippen molar-refractivity contribution in [3.63, 3.8) is 0 Å². The predicted octanol–water partition coefficient (Wildman–Crippen LogP) is 2.84. The first-order valence-corrected chi connectivity index (χ1v) is 8.28. The van der Waals surface area contributed by atoms with Gasteiger partial charge in [-0.05, 0) is 18.2 Å². The van der Waals surface area contributed by atoms with Crippen LogP contribution in [0, 0.1) is 5.82 Å². The van der Waals surface area contributed by atoms with Crippen molar-refractivity contribution < 1.29 is 22.1 Å². The normalized spacial score (nSPS) is 11.9. The lowest BCUT2D eigenvalue weighted by Crippen LogP contribution is -2.03. The Morgan fingerprint density at radius 3 is 2.71 bits per heavy atom. The molecule has 0 spiro atoms. The third-order valence-corrected chi connectivity index (χ3v) is 3.85. The van der Waals surface area contributed by atoms with E-state index in [1.54, 1.807) is 0 Å². The van der Waals surface area contributed by atoms with Crippen LogP contribution in [0.15, 0.2) is 27.6 Å². The van der Waals surface area contributed by atoms with Gasteiger partial charge in [0.1, 0.15) is 16.5 Å². The third kappa shape index (κ3) is 3.92. The Balaban J connectivity index is 2.20. The molecule has 2 rings (SSSR count). The minimum Gasteiger partial charge on any atom is -0.484 e. The van der Waals surface area contributed by atoms with E-state index in [1.807, 2.05) is 13.8 Å². The fourth-order valence-electron chi connectivity index (χ4n) is 1.49. The maximum atomic E-state index is 13.1. The van der Waals surface area contributed by atoms with Gasteiger partial charge in [0, 0.05) is 16.6 Å². The Labute approximate surface area is 125 Å². The second-order valence-electron chi connectivity index (χ2n) is 4.52. The van der Waals surface area contributed by atoms with Crippen molar-refractivity contribution in [2.75, 3.05) is 0 Å². The van der Waals surface area contributed by atoms with Crippen molar-refractivity contribution in [1.82, 2.24) is 10.1 Å². The van der Waals surface area contributed by atoms with E-state index in [2.05, 4.69) is 10.1 Å². The molecule has 114 valence electrons. The van der Waals surface area contributed by atoms with Gasteiger partial charge in [0.05, 0.1) is 0 Å². The van der Waals surface area contributed by atoms with Crippen LogP contribution in [0.2, 0.25) is 0 Å². The summed E-state index contributed by atoms with van der Waals surface area (Å²) in [6.45, 7) is 3.65. The van der Waals surface area contributed by atoms with Gasteiger partial charge in [-0.3, -0.25) is 0 Å². The lowest BCUT2D eigenvalue weighted by molar-refractivity contribution is 0.277. The Morgan fingerprint density at radius 2 is 2.14 bits per heavy atom. The highest BCUT2D eigenvalue weighted by atomic mass is 35.7. The molecule has 0 amide bonds. The number of rotatable bonds is 5. The molecule has 0 aliphatic heterocycles. The smallest absolute Gasteiger partial charge is 0.265 e. The van der Waals surface area contributed by atoms with Crippen LogP contribution in [0.25, 0.3) is 0 Å². The fraction of sp³-hybridized carbons (Fsp3) is 0.333. The van der Waals surface area contributed by atoms with Crippen molar-refractivity contribution in [3.8, 4) is 5.75 Å². The standard InChI is InChI=1S/C12H12ClFN2O4S/c1-7(2)12-15-11(16-20-12)6-19-9-4-3-8(14)5-10(9)21(13,17)18/h3-5,7H,6H2,1-2H3. The van der Waals surface area contributed by atoms with E-state index in [4.69, 9.17) is 19.9 Å². The molecule has 1 aromatic carbocycles. The van der Waals surface area contributed by atoms with Gasteiger partial charge in [-0.2, -0.15) is 4.98 Å². The molecule has 0 saturated heterocycles. The fourth-order valence-corrected chi connectivity index (χ4v) is 2.48. The second-order valence-corrected chi connectivity index (χ2v) is 7.06. The van der Waals surface area contributed by atoms with E-state index < -0.39 is 19.8 Å². The van der Waals surface area contributed by atoms with E-state index in [0.717, 1.165) is 12.1 Å². The van der Waals surface area contributed by atoms with Gasteiger partial charge in [0.2, 0.25) is 11.7 Å². The van der Waals surface area contributed by atoms with Crippen LogP contribution < -0.4 is 4.74 Å². The molecule has 0 unspecified atom stereocenters. The number of halogens is 2. The zero-order valence-electron chi connectivity index (χ0n) is 11.2. The molecule has 0 aliphatic carbocycles.